The normalized spacial score (nSPS) is 19.1. The number of anilines is 1. The summed E-state index contributed by atoms with van der Waals surface area (Å²) < 4.78 is 5.57. The van der Waals surface area contributed by atoms with Gasteiger partial charge in [-0.15, -0.1) is 0 Å². The lowest BCUT2D eigenvalue weighted by Crippen LogP contribution is -2.35. The molecular weight excluding hydrogens is 308 g/mol. The number of nitrogens with zero attached hydrogens (tertiary/aromatic N) is 1. The Bertz CT molecular complexity index is 609. The number of esters is 1. The Kier molecular flexibility index (Phi) is 5.36. The molecule has 1 aliphatic heterocycles. The van der Waals surface area contributed by atoms with Crippen molar-refractivity contribution >= 4 is 17.7 Å². The van der Waals surface area contributed by atoms with Gasteiger partial charge in [-0.2, -0.15) is 0 Å². The predicted octanol–water partition coefficient (Wildman–Crippen LogP) is 2.77. The first kappa shape index (κ1) is 18.1. The van der Waals surface area contributed by atoms with E-state index >= 15 is 0 Å². The van der Waals surface area contributed by atoms with Crippen LogP contribution >= 0.6 is 0 Å². The largest absolute Gasteiger partial charge is 0.465 e. The zero-order valence-electron chi connectivity index (χ0n) is 14.5. The van der Waals surface area contributed by atoms with Crippen LogP contribution in [0.4, 0.5) is 10.5 Å². The summed E-state index contributed by atoms with van der Waals surface area (Å²) in [6.45, 7) is 6.32. The standard InChI is InChI=1S/C18H26N2O4/c1-18(2,3)24-16(21)15(10-12-5-4-6-14(19)9-12)13-7-8-20(11-13)17(22)23/h4-6,9,13,15H,7-8,10-11,19H2,1-3H3,(H,22,23)/t13-,15-/m0/s1. The van der Waals surface area contributed by atoms with Gasteiger partial charge in [-0.05, 0) is 57.2 Å². The van der Waals surface area contributed by atoms with Gasteiger partial charge in [0, 0.05) is 18.8 Å². The predicted molar refractivity (Wildman–Crippen MR) is 91.6 cm³/mol. The number of nitrogen functional groups attached to an aromatic ring is 1. The molecule has 0 radical (unpaired) electrons. The van der Waals surface area contributed by atoms with E-state index in [4.69, 9.17) is 15.6 Å². The van der Waals surface area contributed by atoms with Crippen LogP contribution in [0, 0.1) is 11.8 Å². The van der Waals surface area contributed by atoms with Gasteiger partial charge in [0.1, 0.15) is 5.60 Å². The molecular formula is C18H26N2O4. The highest BCUT2D eigenvalue weighted by atomic mass is 16.6. The van der Waals surface area contributed by atoms with Gasteiger partial charge >= 0.3 is 12.1 Å². The van der Waals surface area contributed by atoms with Crippen molar-refractivity contribution < 1.29 is 19.4 Å². The zero-order chi connectivity index (χ0) is 17.9. The maximum Gasteiger partial charge on any atom is 0.407 e. The third-order valence-corrected chi connectivity index (χ3v) is 4.18. The maximum absolute atomic E-state index is 12.7. The van der Waals surface area contributed by atoms with Crippen LogP contribution in [0.1, 0.15) is 32.8 Å². The van der Waals surface area contributed by atoms with Crippen molar-refractivity contribution in [3.8, 4) is 0 Å². The molecule has 0 unspecified atom stereocenters. The molecule has 1 amide bonds. The van der Waals surface area contributed by atoms with E-state index in [9.17, 15) is 9.59 Å². The van der Waals surface area contributed by atoms with Crippen molar-refractivity contribution in [1.82, 2.24) is 4.90 Å². The number of nitrogens with two attached hydrogens (primary N) is 1. The molecule has 0 saturated carbocycles. The number of hydrogen-bond acceptors (Lipinski definition) is 4. The number of rotatable bonds is 4. The van der Waals surface area contributed by atoms with Crippen molar-refractivity contribution in [1.29, 1.82) is 0 Å². The molecule has 6 heteroatoms. The molecule has 1 saturated heterocycles. The molecule has 3 N–H and O–H groups in total. The Labute approximate surface area is 142 Å². The minimum Gasteiger partial charge on any atom is -0.465 e. The Balaban J connectivity index is 2.18. The third kappa shape index (κ3) is 4.88. The number of benzene rings is 1. The Morgan fingerprint density at radius 3 is 2.67 bits per heavy atom. The van der Waals surface area contributed by atoms with Gasteiger partial charge in [0.05, 0.1) is 5.92 Å². The summed E-state index contributed by atoms with van der Waals surface area (Å²) >= 11 is 0. The van der Waals surface area contributed by atoms with E-state index in [1.54, 1.807) is 6.07 Å². The van der Waals surface area contributed by atoms with Gasteiger partial charge in [0.15, 0.2) is 0 Å². The summed E-state index contributed by atoms with van der Waals surface area (Å²) in [4.78, 5) is 25.2. The molecule has 2 rings (SSSR count). The topological polar surface area (TPSA) is 92.9 Å². The first-order valence-electron chi connectivity index (χ1n) is 8.21. The second-order valence-corrected chi connectivity index (χ2v) is 7.37. The molecule has 24 heavy (non-hydrogen) atoms. The van der Waals surface area contributed by atoms with Crippen LogP contribution in [0.2, 0.25) is 0 Å². The van der Waals surface area contributed by atoms with Gasteiger partial charge in [0.2, 0.25) is 0 Å². The van der Waals surface area contributed by atoms with E-state index in [-0.39, 0.29) is 17.8 Å². The molecule has 1 aromatic carbocycles. The summed E-state index contributed by atoms with van der Waals surface area (Å²) in [7, 11) is 0. The molecule has 2 atom stereocenters. The van der Waals surface area contributed by atoms with Crippen LogP contribution < -0.4 is 5.73 Å². The minimum absolute atomic E-state index is 0.0441. The van der Waals surface area contributed by atoms with E-state index < -0.39 is 11.7 Å². The van der Waals surface area contributed by atoms with Crippen LogP contribution in [-0.2, 0) is 16.0 Å². The summed E-state index contributed by atoms with van der Waals surface area (Å²) in [5, 5.41) is 9.16. The summed E-state index contributed by atoms with van der Waals surface area (Å²) in [6.07, 6.45) is 0.223. The van der Waals surface area contributed by atoms with Gasteiger partial charge < -0.3 is 20.5 Å². The lowest BCUT2D eigenvalue weighted by Gasteiger charge is -2.27. The van der Waals surface area contributed by atoms with Crippen LogP contribution in [0.15, 0.2) is 24.3 Å². The maximum atomic E-state index is 12.7. The average molecular weight is 334 g/mol. The van der Waals surface area contributed by atoms with Gasteiger partial charge in [-0.1, -0.05) is 12.1 Å². The zero-order valence-corrected chi connectivity index (χ0v) is 14.5. The number of carboxylic acid groups (broad SMARTS) is 1. The number of amides is 1. The number of likely N-dealkylation sites (tertiary alicyclic amines) is 1. The molecule has 0 aromatic heterocycles. The number of ether oxygens (including phenoxy) is 1. The molecule has 0 bridgehead atoms. The first-order chi connectivity index (χ1) is 11.2. The van der Waals surface area contributed by atoms with Gasteiger partial charge in [0.25, 0.3) is 0 Å². The van der Waals surface area contributed by atoms with Crippen molar-refractivity contribution in [2.45, 2.75) is 39.2 Å². The van der Waals surface area contributed by atoms with Crippen LogP contribution in [-0.4, -0.2) is 40.8 Å². The highest BCUT2D eigenvalue weighted by Crippen LogP contribution is 2.30. The molecule has 1 fully saturated rings. The fourth-order valence-corrected chi connectivity index (χ4v) is 3.08. The van der Waals surface area contributed by atoms with Gasteiger partial charge in [-0.3, -0.25) is 4.79 Å². The second-order valence-electron chi connectivity index (χ2n) is 7.37. The Hall–Kier alpha value is -2.24. The minimum atomic E-state index is -0.940. The van der Waals surface area contributed by atoms with Crippen molar-refractivity contribution in [2.75, 3.05) is 18.8 Å². The monoisotopic (exact) mass is 334 g/mol. The summed E-state index contributed by atoms with van der Waals surface area (Å²) in [6, 6.07) is 7.43. The number of carbonyl (C=O) groups excluding carboxylic acids is 1. The Morgan fingerprint density at radius 1 is 1.42 bits per heavy atom. The molecule has 1 aliphatic rings. The second kappa shape index (κ2) is 7.11. The quantitative estimate of drug-likeness (QED) is 0.652. The summed E-state index contributed by atoms with van der Waals surface area (Å²) in [5.41, 5.74) is 6.86. The SMILES string of the molecule is CC(C)(C)OC(=O)[C@@H](Cc1cccc(N)c1)[C@H]1CCN(C(=O)O)C1. The fraction of sp³-hybridized carbons (Fsp3) is 0.556. The smallest absolute Gasteiger partial charge is 0.407 e. The average Bonchev–Trinajstić information content (AvgIpc) is 2.92. The number of carbonyl (C=O) groups is 2. The van der Waals surface area contributed by atoms with Crippen molar-refractivity contribution in [3.63, 3.8) is 0 Å². The molecule has 1 aromatic rings. The third-order valence-electron chi connectivity index (χ3n) is 4.18. The van der Waals surface area contributed by atoms with E-state index in [1.165, 1.54) is 4.90 Å². The van der Waals surface area contributed by atoms with Crippen LogP contribution in [0.5, 0.6) is 0 Å². The molecule has 132 valence electrons. The van der Waals surface area contributed by atoms with E-state index in [0.29, 0.717) is 31.6 Å². The lowest BCUT2D eigenvalue weighted by molar-refractivity contribution is -0.161. The lowest BCUT2D eigenvalue weighted by atomic mass is 9.86. The van der Waals surface area contributed by atoms with E-state index in [1.807, 2.05) is 39.0 Å². The Morgan fingerprint density at radius 2 is 2.12 bits per heavy atom. The van der Waals surface area contributed by atoms with Gasteiger partial charge in [-0.25, -0.2) is 4.79 Å². The fourth-order valence-electron chi connectivity index (χ4n) is 3.08. The molecule has 1 heterocycles. The molecule has 0 aliphatic carbocycles. The van der Waals surface area contributed by atoms with Crippen LogP contribution in [0.3, 0.4) is 0 Å². The summed E-state index contributed by atoms with van der Waals surface area (Å²) in [5.74, 6) is -0.699. The van der Waals surface area contributed by atoms with Crippen molar-refractivity contribution in [3.05, 3.63) is 29.8 Å². The highest BCUT2D eigenvalue weighted by molar-refractivity contribution is 5.74. The highest BCUT2D eigenvalue weighted by Gasteiger charge is 2.37. The van der Waals surface area contributed by atoms with Crippen molar-refractivity contribution in [2.24, 2.45) is 11.8 Å². The van der Waals surface area contributed by atoms with E-state index in [2.05, 4.69) is 0 Å². The first-order valence-corrected chi connectivity index (χ1v) is 8.21. The molecule has 6 nitrogen and oxygen atoms in total. The van der Waals surface area contributed by atoms with E-state index in [0.717, 1.165) is 5.56 Å². The molecule has 0 spiro atoms. The number of hydrogen-bond donors (Lipinski definition) is 2. The van der Waals surface area contributed by atoms with Crippen LogP contribution in [0.25, 0.3) is 0 Å².